The van der Waals surface area contributed by atoms with Crippen LogP contribution in [-0.2, 0) is 27.5 Å². The molecule has 0 saturated heterocycles. The summed E-state index contributed by atoms with van der Waals surface area (Å²) in [6.07, 6.45) is -0.712. The van der Waals surface area contributed by atoms with Crippen LogP contribution >= 0.6 is 22.7 Å². The van der Waals surface area contributed by atoms with Crippen LogP contribution in [0.5, 0.6) is 0 Å². The van der Waals surface area contributed by atoms with Crippen LogP contribution in [-0.4, -0.2) is 34.8 Å². The highest BCUT2D eigenvalue weighted by Gasteiger charge is 2.46. The fourth-order valence-electron chi connectivity index (χ4n) is 2.71. The van der Waals surface area contributed by atoms with E-state index in [0.29, 0.717) is 21.3 Å². The number of aromatic nitrogens is 2. The van der Waals surface area contributed by atoms with Crippen LogP contribution in [0.3, 0.4) is 0 Å². The molecule has 0 aliphatic rings. The predicted octanol–water partition coefficient (Wildman–Crippen LogP) is 4.28. The second-order valence-corrected chi connectivity index (χ2v) is 10.7. The Balaban J connectivity index is 1.67. The number of carbonyl (C=O) groups excluding carboxylic acids is 1. The Morgan fingerprint density at radius 2 is 1.81 bits per heavy atom. The monoisotopic (exact) mass is 490 g/mol. The molecule has 3 rings (SSSR count). The standard InChI is InChI=1S/C19H17F3N2O4S3/c1-10-17(30-18(23-10)11(2)25)15-9-29-16(24-15)8-13(26)7-12-3-5-14(6-4-12)31(27,28)19(20,21)22/h3-6,9,11,25H,7-8H2,1-2H3/t11-/m0/s1. The summed E-state index contributed by atoms with van der Waals surface area (Å²) in [5.41, 5.74) is -3.57. The van der Waals surface area contributed by atoms with Gasteiger partial charge in [0.1, 0.15) is 21.9 Å². The van der Waals surface area contributed by atoms with Gasteiger partial charge in [-0.05, 0) is 31.5 Å². The Kier molecular flexibility index (Phi) is 6.65. The van der Waals surface area contributed by atoms with Gasteiger partial charge in [0.05, 0.1) is 27.6 Å². The molecule has 1 N–H and O–H groups in total. The van der Waals surface area contributed by atoms with Crippen LogP contribution in [0.15, 0.2) is 34.5 Å². The number of rotatable bonds is 7. The number of alkyl halides is 3. The highest BCUT2D eigenvalue weighted by molar-refractivity contribution is 7.92. The zero-order valence-electron chi connectivity index (χ0n) is 16.3. The zero-order valence-corrected chi connectivity index (χ0v) is 18.8. The van der Waals surface area contributed by atoms with Gasteiger partial charge in [-0.15, -0.1) is 22.7 Å². The normalized spacial score (nSPS) is 13.4. The lowest BCUT2D eigenvalue weighted by Gasteiger charge is -2.08. The summed E-state index contributed by atoms with van der Waals surface area (Å²) in [4.78, 5) is 21.1. The lowest BCUT2D eigenvalue weighted by molar-refractivity contribution is -0.117. The van der Waals surface area contributed by atoms with Crippen LogP contribution in [0.2, 0.25) is 0 Å². The van der Waals surface area contributed by atoms with Crippen LogP contribution < -0.4 is 0 Å². The van der Waals surface area contributed by atoms with Crippen LogP contribution in [0, 0.1) is 6.92 Å². The molecule has 0 fully saturated rings. The predicted molar refractivity (Wildman–Crippen MR) is 111 cm³/mol. The van der Waals surface area contributed by atoms with E-state index in [2.05, 4.69) is 9.97 Å². The van der Waals surface area contributed by atoms with E-state index in [-0.39, 0.29) is 18.6 Å². The van der Waals surface area contributed by atoms with E-state index < -0.39 is 26.3 Å². The molecular weight excluding hydrogens is 473 g/mol. The Labute approximate surface area is 184 Å². The van der Waals surface area contributed by atoms with Crippen molar-refractivity contribution in [1.82, 2.24) is 9.97 Å². The molecule has 0 saturated carbocycles. The van der Waals surface area contributed by atoms with Crippen molar-refractivity contribution in [3.63, 3.8) is 0 Å². The summed E-state index contributed by atoms with van der Waals surface area (Å²) < 4.78 is 60.6. The maximum atomic E-state index is 12.6. The summed E-state index contributed by atoms with van der Waals surface area (Å²) in [7, 11) is -5.41. The van der Waals surface area contributed by atoms with Gasteiger partial charge in [0.2, 0.25) is 0 Å². The Morgan fingerprint density at radius 1 is 1.16 bits per heavy atom. The van der Waals surface area contributed by atoms with Crippen molar-refractivity contribution in [2.45, 2.75) is 43.2 Å². The average Bonchev–Trinajstić information content (AvgIpc) is 3.27. The minimum atomic E-state index is -5.41. The number of Topliss-reactive ketones (excluding diaryl/α,β-unsaturated/α-hetero) is 1. The first-order valence-electron chi connectivity index (χ1n) is 8.90. The molecule has 1 aromatic carbocycles. The number of hydrogen-bond donors (Lipinski definition) is 1. The minimum Gasteiger partial charge on any atom is -0.386 e. The van der Waals surface area contributed by atoms with Crippen molar-refractivity contribution in [3.05, 3.63) is 50.9 Å². The van der Waals surface area contributed by atoms with Gasteiger partial charge in [-0.2, -0.15) is 13.2 Å². The summed E-state index contributed by atoms with van der Waals surface area (Å²) in [5, 5.41) is 12.6. The summed E-state index contributed by atoms with van der Waals surface area (Å²) >= 11 is 2.63. The van der Waals surface area contributed by atoms with E-state index in [4.69, 9.17) is 0 Å². The van der Waals surface area contributed by atoms with Crippen molar-refractivity contribution in [3.8, 4) is 10.6 Å². The number of halogens is 3. The lowest BCUT2D eigenvalue weighted by atomic mass is 10.1. The van der Waals surface area contributed by atoms with Gasteiger partial charge in [-0.3, -0.25) is 4.79 Å². The number of carbonyl (C=O) groups is 1. The smallest absolute Gasteiger partial charge is 0.386 e. The number of thiazole rings is 2. The van der Waals surface area contributed by atoms with Gasteiger partial charge in [0.15, 0.2) is 0 Å². The molecule has 166 valence electrons. The summed E-state index contributed by atoms with van der Waals surface area (Å²) in [5.74, 6) is -0.210. The highest BCUT2D eigenvalue weighted by atomic mass is 32.2. The molecule has 31 heavy (non-hydrogen) atoms. The van der Waals surface area contributed by atoms with Crippen LogP contribution in [0.4, 0.5) is 13.2 Å². The van der Waals surface area contributed by atoms with Crippen molar-refractivity contribution < 1.29 is 31.5 Å². The number of hydrogen-bond acceptors (Lipinski definition) is 8. The molecule has 1 atom stereocenters. The molecule has 0 aliphatic carbocycles. The van der Waals surface area contributed by atoms with Crippen molar-refractivity contribution in [2.24, 2.45) is 0 Å². The largest absolute Gasteiger partial charge is 0.501 e. The number of nitrogens with zero attached hydrogens (tertiary/aromatic N) is 2. The SMILES string of the molecule is Cc1nc([C@H](C)O)sc1-c1csc(CC(=O)Cc2ccc(S(=O)(=O)C(F)(F)F)cc2)n1. The second-order valence-electron chi connectivity index (χ2n) is 6.75. The van der Waals surface area contributed by atoms with E-state index in [9.17, 15) is 31.5 Å². The Bertz CT molecular complexity index is 1200. The topological polar surface area (TPSA) is 97.2 Å². The van der Waals surface area contributed by atoms with Gasteiger partial charge in [0, 0.05) is 11.8 Å². The van der Waals surface area contributed by atoms with Gasteiger partial charge in [-0.25, -0.2) is 18.4 Å². The number of ketones is 1. The molecule has 0 amide bonds. The molecule has 0 radical (unpaired) electrons. The van der Waals surface area contributed by atoms with Crippen LogP contribution in [0.1, 0.15) is 34.3 Å². The molecule has 3 aromatic rings. The van der Waals surface area contributed by atoms with Gasteiger partial charge in [-0.1, -0.05) is 12.1 Å². The van der Waals surface area contributed by atoms with E-state index in [0.717, 1.165) is 22.7 Å². The number of aliphatic hydroxyl groups is 1. The minimum absolute atomic E-state index is 0.0361. The third-order valence-electron chi connectivity index (χ3n) is 4.24. The summed E-state index contributed by atoms with van der Waals surface area (Å²) in [6, 6.07) is 4.09. The van der Waals surface area contributed by atoms with Crippen LogP contribution in [0.25, 0.3) is 10.6 Å². The summed E-state index contributed by atoms with van der Waals surface area (Å²) in [6.45, 7) is 3.43. The lowest BCUT2D eigenvalue weighted by Crippen LogP contribution is -2.23. The molecule has 0 bridgehead atoms. The maximum Gasteiger partial charge on any atom is 0.501 e. The number of sulfone groups is 1. The van der Waals surface area contributed by atoms with E-state index in [1.54, 1.807) is 12.3 Å². The van der Waals surface area contributed by atoms with E-state index in [1.165, 1.54) is 34.8 Å². The van der Waals surface area contributed by atoms with Gasteiger partial charge >= 0.3 is 5.51 Å². The molecule has 2 aromatic heterocycles. The molecule has 12 heteroatoms. The third-order valence-corrected chi connectivity index (χ3v) is 7.94. The number of aliphatic hydroxyl groups excluding tert-OH is 1. The molecule has 0 spiro atoms. The second kappa shape index (κ2) is 8.77. The first-order valence-corrected chi connectivity index (χ1v) is 12.1. The Morgan fingerprint density at radius 3 is 2.35 bits per heavy atom. The first kappa shape index (κ1) is 23.5. The first-order chi connectivity index (χ1) is 14.4. The fraction of sp³-hybridized carbons (Fsp3) is 0.316. The average molecular weight is 491 g/mol. The fourth-order valence-corrected chi connectivity index (χ4v) is 5.32. The molecule has 2 heterocycles. The molecule has 0 aliphatic heterocycles. The number of benzene rings is 1. The zero-order chi connectivity index (χ0) is 23.0. The third kappa shape index (κ3) is 5.20. The molecule has 0 unspecified atom stereocenters. The highest BCUT2D eigenvalue weighted by Crippen LogP contribution is 2.33. The molecular formula is C19H17F3N2O4S3. The van der Waals surface area contributed by atoms with Crippen molar-refractivity contribution in [1.29, 1.82) is 0 Å². The van der Waals surface area contributed by atoms with Gasteiger partial charge < -0.3 is 5.11 Å². The quantitative estimate of drug-likeness (QED) is 0.531. The molecule has 6 nitrogen and oxygen atoms in total. The Hall–Kier alpha value is -2.15. The maximum absolute atomic E-state index is 12.6. The van der Waals surface area contributed by atoms with E-state index in [1.807, 2.05) is 6.92 Å². The van der Waals surface area contributed by atoms with E-state index >= 15 is 0 Å². The van der Waals surface area contributed by atoms with Crippen molar-refractivity contribution in [2.75, 3.05) is 0 Å². The number of aryl methyl sites for hydroxylation is 1. The van der Waals surface area contributed by atoms with Gasteiger partial charge in [0.25, 0.3) is 9.84 Å². The van der Waals surface area contributed by atoms with Crippen molar-refractivity contribution >= 4 is 38.3 Å².